The molecule has 1 aromatic carbocycles. The van der Waals surface area contributed by atoms with Crippen molar-refractivity contribution in [3.05, 3.63) is 34.9 Å². The minimum Gasteiger partial charge on any atom is -0.385 e. The first-order chi connectivity index (χ1) is 15.4. The lowest BCUT2D eigenvalue weighted by Gasteiger charge is -2.39. The molecule has 6 nitrogen and oxygen atoms in total. The molecular formula is C25H36ClN3O3. The molecule has 2 aliphatic heterocycles. The lowest BCUT2D eigenvalue weighted by molar-refractivity contribution is -0.138. The molecule has 1 saturated carbocycles. The number of benzene rings is 1. The summed E-state index contributed by atoms with van der Waals surface area (Å²) >= 11 is 5.99. The van der Waals surface area contributed by atoms with Crippen LogP contribution >= 0.6 is 11.6 Å². The summed E-state index contributed by atoms with van der Waals surface area (Å²) in [5.41, 5.74) is 0.157. The fraction of sp³-hybridized carbons (Fsp3) is 0.680. The van der Waals surface area contributed by atoms with Crippen LogP contribution in [0.2, 0.25) is 5.02 Å². The molecule has 0 radical (unpaired) electrons. The summed E-state index contributed by atoms with van der Waals surface area (Å²) in [6.07, 6.45) is 7.24. The van der Waals surface area contributed by atoms with Gasteiger partial charge in [0.25, 0.3) is 0 Å². The number of amides is 2. The number of nitrogens with zero attached hydrogens (tertiary/aromatic N) is 3. The minimum atomic E-state index is -0.784. The van der Waals surface area contributed by atoms with Crippen LogP contribution in [0.3, 0.4) is 0 Å². The van der Waals surface area contributed by atoms with Crippen LogP contribution in [0.1, 0.15) is 56.9 Å². The van der Waals surface area contributed by atoms with E-state index in [9.17, 15) is 14.7 Å². The van der Waals surface area contributed by atoms with Gasteiger partial charge in [0.2, 0.25) is 11.8 Å². The van der Waals surface area contributed by atoms with Crippen LogP contribution in [0.25, 0.3) is 0 Å². The van der Waals surface area contributed by atoms with E-state index in [4.69, 9.17) is 11.6 Å². The van der Waals surface area contributed by atoms with Crippen LogP contribution in [-0.2, 0) is 15.2 Å². The molecule has 0 bridgehead atoms. The van der Waals surface area contributed by atoms with Crippen molar-refractivity contribution in [3.8, 4) is 0 Å². The van der Waals surface area contributed by atoms with Crippen LogP contribution in [0.5, 0.6) is 0 Å². The Kier molecular flexibility index (Phi) is 7.43. The second-order valence-corrected chi connectivity index (χ2v) is 10.3. The fourth-order valence-corrected chi connectivity index (χ4v) is 5.74. The number of halogens is 1. The quantitative estimate of drug-likeness (QED) is 0.676. The summed E-state index contributed by atoms with van der Waals surface area (Å²) in [4.78, 5) is 31.4. The molecule has 4 rings (SSSR count). The lowest BCUT2D eigenvalue weighted by atomic mass is 9.84. The monoisotopic (exact) mass is 461 g/mol. The third-order valence-corrected chi connectivity index (χ3v) is 7.93. The maximum Gasteiger partial charge on any atom is 0.228 e. The molecule has 0 aromatic heterocycles. The number of hydrogen-bond acceptors (Lipinski definition) is 4. The van der Waals surface area contributed by atoms with E-state index in [1.54, 1.807) is 11.9 Å². The van der Waals surface area contributed by atoms with Gasteiger partial charge in [-0.2, -0.15) is 0 Å². The van der Waals surface area contributed by atoms with Gasteiger partial charge in [-0.25, -0.2) is 0 Å². The second kappa shape index (κ2) is 10.1. The van der Waals surface area contributed by atoms with Crippen LogP contribution in [-0.4, -0.2) is 77.4 Å². The van der Waals surface area contributed by atoms with Crippen molar-refractivity contribution < 1.29 is 14.7 Å². The van der Waals surface area contributed by atoms with Crippen LogP contribution < -0.4 is 0 Å². The highest BCUT2D eigenvalue weighted by Gasteiger charge is 2.38. The third kappa shape index (κ3) is 5.29. The first-order valence-corrected chi connectivity index (χ1v) is 12.5. The molecule has 1 N–H and O–H groups in total. The molecule has 3 aliphatic rings. The number of likely N-dealkylation sites (tertiary alicyclic amines) is 2. The average Bonchev–Trinajstić information content (AvgIpc) is 3.43. The molecule has 1 unspecified atom stereocenters. The highest BCUT2D eigenvalue weighted by atomic mass is 35.5. The van der Waals surface area contributed by atoms with Gasteiger partial charge >= 0.3 is 0 Å². The van der Waals surface area contributed by atoms with E-state index in [2.05, 4.69) is 9.80 Å². The van der Waals surface area contributed by atoms with Crippen LogP contribution in [0.4, 0.5) is 0 Å². The molecule has 7 heteroatoms. The van der Waals surface area contributed by atoms with Crippen molar-refractivity contribution in [1.29, 1.82) is 0 Å². The molecule has 3 fully saturated rings. The molecule has 2 heterocycles. The van der Waals surface area contributed by atoms with Gasteiger partial charge in [0.1, 0.15) is 0 Å². The van der Waals surface area contributed by atoms with E-state index in [1.165, 1.54) is 12.8 Å². The first-order valence-electron chi connectivity index (χ1n) is 12.1. The zero-order valence-corrected chi connectivity index (χ0v) is 19.9. The van der Waals surface area contributed by atoms with Gasteiger partial charge in [0.15, 0.2) is 0 Å². The van der Waals surface area contributed by atoms with Crippen molar-refractivity contribution in [1.82, 2.24) is 14.7 Å². The molecule has 0 spiro atoms. The van der Waals surface area contributed by atoms with Crippen LogP contribution in [0, 0.1) is 5.92 Å². The summed E-state index contributed by atoms with van der Waals surface area (Å²) in [7, 11) is 1.79. The SMILES string of the molecule is CN1CC(C(=O)N(CCCN2CCC(O)(c3ccc(Cl)cc3)CC2)C2CCCC2)CC1=O. The van der Waals surface area contributed by atoms with E-state index in [0.717, 1.165) is 51.0 Å². The topological polar surface area (TPSA) is 64.1 Å². The van der Waals surface area contributed by atoms with Gasteiger partial charge in [0.05, 0.1) is 11.5 Å². The molecule has 1 aromatic rings. The molecule has 2 saturated heterocycles. The summed E-state index contributed by atoms with van der Waals surface area (Å²) in [5, 5.41) is 11.8. The van der Waals surface area contributed by atoms with E-state index in [0.29, 0.717) is 36.9 Å². The van der Waals surface area contributed by atoms with Crippen molar-refractivity contribution in [2.45, 2.75) is 63.0 Å². The summed E-state index contributed by atoms with van der Waals surface area (Å²) in [5.74, 6) is 0.0686. The number of aliphatic hydroxyl groups is 1. The zero-order valence-electron chi connectivity index (χ0n) is 19.1. The first kappa shape index (κ1) is 23.5. The van der Waals surface area contributed by atoms with Crippen LogP contribution in [0.15, 0.2) is 24.3 Å². The fourth-order valence-electron chi connectivity index (χ4n) is 5.61. The molecule has 32 heavy (non-hydrogen) atoms. The van der Waals surface area contributed by atoms with Gasteiger partial charge in [0, 0.05) is 50.7 Å². The van der Waals surface area contributed by atoms with Crippen molar-refractivity contribution >= 4 is 23.4 Å². The van der Waals surface area contributed by atoms with E-state index < -0.39 is 5.60 Å². The highest BCUT2D eigenvalue weighted by molar-refractivity contribution is 6.30. The van der Waals surface area contributed by atoms with Crippen molar-refractivity contribution in [3.63, 3.8) is 0 Å². The van der Waals surface area contributed by atoms with Gasteiger partial charge < -0.3 is 19.8 Å². The number of rotatable bonds is 7. The number of carbonyl (C=O) groups is 2. The Morgan fingerprint density at radius 3 is 2.44 bits per heavy atom. The van der Waals surface area contributed by atoms with Crippen molar-refractivity contribution in [2.75, 3.05) is 39.8 Å². The Morgan fingerprint density at radius 1 is 1.19 bits per heavy atom. The Hall–Kier alpha value is -1.63. The minimum absolute atomic E-state index is 0.0798. The van der Waals surface area contributed by atoms with E-state index in [-0.39, 0.29) is 17.7 Å². The van der Waals surface area contributed by atoms with Gasteiger partial charge in [-0.1, -0.05) is 36.6 Å². The summed E-state index contributed by atoms with van der Waals surface area (Å²) in [6, 6.07) is 7.86. The normalized spacial score (nSPS) is 24.3. The zero-order chi connectivity index (χ0) is 22.7. The molecular weight excluding hydrogens is 426 g/mol. The highest BCUT2D eigenvalue weighted by Crippen LogP contribution is 2.33. The van der Waals surface area contributed by atoms with Crippen molar-refractivity contribution in [2.24, 2.45) is 5.92 Å². The number of hydrogen-bond donors (Lipinski definition) is 1. The van der Waals surface area contributed by atoms with Gasteiger partial charge in [-0.15, -0.1) is 0 Å². The average molecular weight is 462 g/mol. The van der Waals surface area contributed by atoms with E-state index in [1.807, 2.05) is 24.3 Å². The summed E-state index contributed by atoms with van der Waals surface area (Å²) < 4.78 is 0. The predicted octanol–water partition coefficient (Wildman–Crippen LogP) is 3.26. The molecule has 176 valence electrons. The number of piperidine rings is 1. The van der Waals surface area contributed by atoms with Gasteiger partial charge in [-0.05, 0) is 56.3 Å². The Balaban J connectivity index is 1.28. The lowest BCUT2D eigenvalue weighted by Crippen LogP contribution is -2.46. The third-order valence-electron chi connectivity index (χ3n) is 7.68. The second-order valence-electron chi connectivity index (χ2n) is 9.88. The Morgan fingerprint density at radius 2 is 1.84 bits per heavy atom. The van der Waals surface area contributed by atoms with E-state index >= 15 is 0 Å². The molecule has 1 aliphatic carbocycles. The largest absolute Gasteiger partial charge is 0.385 e. The predicted molar refractivity (Wildman–Crippen MR) is 125 cm³/mol. The Bertz CT molecular complexity index is 801. The smallest absolute Gasteiger partial charge is 0.228 e. The molecule has 2 amide bonds. The Labute approximate surface area is 196 Å². The maximum absolute atomic E-state index is 13.3. The number of carbonyl (C=O) groups excluding carboxylic acids is 2. The van der Waals surface area contributed by atoms with Gasteiger partial charge in [-0.3, -0.25) is 9.59 Å². The molecule has 1 atom stereocenters. The summed E-state index contributed by atoms with van der Waals surface area (Å²) in [6.45, 7) is 3.93. The standard InChI is InChI=1S/C25H36ClN3O3/c1-27-18-19(17-23(27)30)24(31)29(22-5-2-3-6-22)14-4-13-28-15-11-25(32,12-16-28)20-7-9-21(26)10-8-20/h7-10,19,22,32H,2-6,11-18H2,1H3. The maximum atomic E-state index is 13.3.